The monoisotopic (exact) mass is 275 g/mol. The molecule has 0 spiro atoms. The van der Waals surface area contributed by atoms with Crippen molar-refractivity contribution in [1.82, 2.24) is 5.32 Å². The molecule has 0 radical (unpaired) electrons. The van der Waals surface area contributed by atoms with Gasteiger partial charge in [0.05, 0.1) is 5.41 Å². The first kappa shape index (κ1) is 16.0. The highest BCUT2D eigenvalue weighted by molar-refractivity contribution is 5.90. The number of nitrogens with one attached hydrogen (secondary N) is 1. The Morgan fingerprint density at radius 3 is 2.40 bits per heavy atom. The van der Waals surface area contributed by atoms with Crippen LogP contribution < -0.4 is 5.32 Å². The Hall–Kier alpha value is -2.10. The first-order valence-corrected chi connectivity index (χ1v) is 6.60. The Bertz CT molecular complexity index is 492. The first-order chi connectivity index (χ1) is 9.39. The van der Waals surface area contributed by atoms with Gasteiger partial charge < -0.3 is 10.4 Å². The molecular weight excluding hydrogens is 254 g/mol. The van der Waals surface area contributed by atoms with Gasteiger partial charge in [0.1, 0.15) is 6.04 Å². The second-order valence-corrected chi connectivity index (χ2v) is 5.16. The molecule has 20 heavy (non-hydrogen) atoms. The maximum absolute atomic E-state index is 12.3. The van der Waals surface area contributed by atoms with Crippen LogP contribution in [-0.2, 0) is 15.0 Å². The molecule has 1 aromatic carbocycles. The second-order valence-electron chi connectivity index (χ2n) is 5.16. The van der Waals surface area contributed by atoms with Crippen molar-refractivity contribution in [2.75, 3.05) is 0 Å². The summed E-state index contributed by atoms with van der Waals surface area (Å²) in [6.07, 6.45) is 3.78. The summed E-state index contributed by atoms with van der Waals surface area (Å²) in [6, 6.07) is 8.42. The number of allylic oxidation sites excluding steroid dienone is 1. The Labute approximate surface area is 119 Å². The van der Waals surface area contributed by atoms with Crippen molar-refractivity contribution in [2.24, 2.45) is 0 Å². The quantitative estimate of drug-likeness (QED) is 0.784. The van der Waals surface area contributed by atoms with Gasteiger partial charge in [0, 0.05) is 0 Å². The number of carboxylic acids is 1. The van der Waals surface area contributed by atoms with Gasteiger partial charge in [-0.15, -0.1) is 0 Å². The average molecular weight is 275 g/mol. The van der Waals surface area contributed by atoms with Crippen molar-refractivity contribution in [2.45, 2.75) is 38.6 Å². The van der Waals surface area contributed by atoms with Crippen LogP contribution in [0, 0.1) is 0 Å². The summed E-state index contributed by atoms with van der Waals surface area (Å²) >= 11 is 0. The number of hydrogen-bond donors (Lipinski definition) is 2. The van der Waals surface area contributed by atoms with E-state index in [1.54, 1.807) is 26.0 Å². The highest BCUT2D eigenvalue weighted by atomic mass is 16.4. The van der Waals surface area contributed by atoms with Crippen molar-refractivity contribution in [3.05, 3.63) is 48.0 Å². The second kappa shape index (κ2) is 6.89. The van der Waals surface area contributed by atoms with Gasteiger partial charge in [-0.25, -0.2) is 4.79 Å². The van der Waals surface area contributed by atoms with Gasteiger partial charge in [-0.3, -0.25) is 4.79 Å². The van der Waals surface area contributed by atoms with Crippen LogP contribution in [0.15, 0.2) is 42.5 Å². The number of carboxylic acid groups (broad SMARTS) is 1. The van der Waals surface area contributed by atoms with Crippen LogP contribution in [0.2, 0.25) is 0 Å². The number of carbonyl (C=O) groups is 2. The topological polar surface area (TPSA) is 66.4 Å². The molecule has 2 N–H and O–H groups in total. The minimum atomic E-state index is -1.03. The minimum Gasteiger partial charge on any atom is -0.480 e. The third-order valence-electron chi connectivity index (χ3n) is 3.27. The molecule has 0 heterocycles. The van der Waals surface area contributed by atoms with E-state index in [4.69, 9.17) is 5.11 Å². The van der Waals surface area contributed by atoms with E-state index in [-0.39, 0.29) is 12.3 Å². The van der Waals surface area contributed by atoms with Gasteiger partial charge in [0.25, 0.3) is 0 Å². The van der Waals surface area contributed by atoms with Crippen LogP contribution in [-0.4, -0.2) is 23.0 Å². The number of rotatable bonds is 6. The number of aliphatic carboxylic acids is 1. The molecule has 1 unspecified atom stereocenters. The highest BCUT2D eigenvalue weighted by Gasteiger charge is 2.32. The van der Waals surface area contributed by atoms with Crippen LogP contribution in [0.5, 0.6) is 0 Å². The highest BCUT2D eigenvalue weighted by Crippen LogP contribution is 2.23. The van der Waals surface area contributed by atoms with Gasteiger partial charge in [-0.05, 0) is 32.8 Å². The van der Waals surface area contributed by atoms with Gasteiger partial charge in [-0.1, -0.05) is 42.5 Å². The Kier molecular flexibility index (Phi) is 5.50. The summed E-state index contributed by atoms with van der Waals surface area (Å²) in [4.78, 5) is 23.5. The smallest absolute Gasteiger partial charge is 0.326 e. The third-order valence-corrected chi connectivity index (χ3v) is 3.27. The van der Waals surface area contributed by atoms with Crippen LogP contribution in [0.3, 0.4) is 0 Å². The summed E-state index contributed by atoms with van der Waals surface area (Å²) < 4.78 is 0. The number of benzene rings is 1. The number of amides is 1. The first-order valence-electron chi connectivity index (χ1n) is 6.60. The molecule has 1 atom stereocenters. The predicted molar refractivity (Wildman–Crippen MR) is 78.5 cm³/mol. The maximum atomic E-state index is 12.3. The van der Waals surface area contributed by atoms with Crippen molar-refractivity contribution < 1.29 is 14.7 Å². The molecule has 1 amide bonds. The molecule has 0 aliphatic heterocycles. The molecule has 0 aromatic heterocycles. The predicted octanol–water partition coefficient (Wildman–Crippen LogP) is 2.50. The zero-order valence-corrected chi connectivity index (χ0v) is 12.1. The SMILES string of the molecule is C/C=C/CC(NC(=O)C(C)(C)c1ccccc1)C(=O)O. The normalized spacial score (nSPS) is 13.2. The molecule has 4 nitrogen and oxygen atoms in total. The summed E-state index contributed by atoms with van der Waals surface area (Å²) in [7, 11) is 0. The van der Waals surface area contributed by atoms with Crippen molar-refractivity contribution >= 4 is 11.9 Å². The summed E-state index contributed by atoms with van der Waals surface area (Å²) in [5.74, 6) is -1.32. The summed E-state index contributed by atoms with van der Waals surface area (Å²) in [5, 5.41) is 11.7. The lowest BCUT2D eigenvalue weighted by Crippen LogP contribution is -2.48. The van der Waals surface area contributed by atoms with Gasteiger partial charge >= 0.3 is 5.97 Å². The van der Waals surface area contributed by atoms with E-state index in [0.717, 1.165) is 5.56 Å². The zero-order chi connectivity index (χ0) is 15.2. The van der Waals surface area contributed by atoms with E-state index < -0.39 is 17.4 Å². The van der Waals surface area contributed by atoms with Crippen LogP contribution in [0.1, 0.15) is 32.8 Å². The van der Waals surface area contributed by atoms with Crippen LogP contribution in [0.25, 0.3) is 0 Å². The lowest BCUT2D eigenvalue weighted by molar-refractivity contribution is -0.142. The van der Waals surface area contributed by atoms with E-state index in [0.29, 0.717) is 0 Å². The van der Waals surface area contributed by atoms with Crippen molar-refractivity contribution in [1.29, 1.82) is 0 Å². The zero-order valence-electron chi connectivity index (χ0n) is 12.1. The molecule has 108 valence electrons. The minimum absolute atomic E-state index is 0.280. The van der Waals surface area contributed by atoms with Crippen molar-refractivity contribution in [3.8, 4) is 0 Å². The van der Waals surface area contributed by atoms with E-state index in [2.05, 4.69) is 5.32 Å². The Morgan fingerprint density at radius 2 is 1.90 bits per heavy atom. The van der Waals surface area contributed by atoms with E-state index in [1.807, 2.05) is 37.3 Å². The van der Waals surface area contributed by atoms with E-state index in [1.165, 1.54) is 0 Å². The lowest BCUT2D eigenvalue weighted by Gasteiger charge is -2.26. The van der Waals surface area contributed by atoms with Gasteiger partial charge in [-0.2, -0.15) is 0 Å². The van der Waals surface area contributed by atoms with E-state index in [9.17, 15) is 9.59 Å². The molecule has 0 fully saturated rings. The molecule has 4 heteroatoms. The van der Waals surface area contributed by atoms with Gasteiger partial charge in [0.2, 0.25) is 5.91 Å². The molecule has 1 aromatic rings. The average Bonchev–Trinajstić information content (AvgIpc) is 2.43. The van der Waals surface area contributed by atoms with Crippen LogP contribution in [0.4, 0.5) is 0 Å². The Morgan fingerprint density at radius 1 is 1.30 bits per heavy atom. The number of hydrogen-bond acceptors (Lipinski definition) is 2. The summed E-state index contributed by atoms with van der Waals surface area (Å²) in [5.41, 5.74) is 0.0814. The molecular formula is C16H21NO3. The summed E-state index contributed by atoms with van der Waals surface area (Å²) in [6.45, 7) is 5.38. The van der Waals surface area contributed by atoms with E-state index >= 15 is 0 Å². The third kappa shape index (κ3) is 3.95. The fourth-order valence-electron chi connectivity index (χ4n) is 1.82. The molecule has 0 aliphatic rings. The van der Waals surface area contributed by atoms with Crippen molar-refractivity contribution in [3.63, 3.8) is 0 Å². The fourth-order valence-corrected chi connectivity index (χ4v) is 1.82. The molecule has 1 rings (SSSR count). The molecule has 0 saturated heterocycles. The fraction of sp³-hybridized carbons (Fsp3) is 0.375. The lowest BCUT2D eigenvalue weighted by atomic mass is 9.83. The molecule has 0 saturated carbocycles. The maximum Gasteiger partial charge on any atom is 0.326 e. The van der Waals surface area contributed by atoms with Crippen LogP contribution >= 0.6 is 0 Å². The standard InChI is InChI=1S/C16H21NO3/c1-4-5-11-13(14(18)19)17-15(20)16(2,3)12-9-7-6-8-10-12/h4-10,13H,11H2,1-3H3,(H,17,20)(H,18,19)/b5-4+. The Balaban J connectivity index is 2.85. The largest absolute Gasteiger partial charge is 0.480 e. The van der Waals surface area contributed by atoms with Gasteiger partial charge in [0.15, 0.2) is 0 Å². The molecule has 0 aliphatic carbocycles. The molecule has 0 bridgehead atoms. The number of carbonyl (C=O) groups excluding carboxylic acids is 1.